The van der Waals surface area contributed by atoms with E-state index in [9.17, 15) is 4.79 Å². The molecule has 0 N–H and O–H groups in total. The van der Waals surface area contributed by atoms with Gasteiger partial charge in [0.2, 0.25) is 0 Å². The number of hydrogen-bond acceptors (Lipinski definition) is 2. The van der Waals surface area contributed by atoms with E-state index in [2.05, 4.69) is 6.08 Å². The standard InChI is InChI=1S/C11H16O2/c1-3-13-11(12)9(2)10-7-5-4-6-8-10/h4-5,7,9H,3,6,8H2,1-2H3. The molecular weight excluding hydrogens is 164 g/mol. The minimum absolute atomic E-state index is 0.0788. The zero-order valence-corrected chi connectivity index (χ0v) is 8.25. The van der Waals surface area contributed by atoms with Gasteiger partial charge in [-0.1, -0.05) is 23.8 Å². The molecular formula is C11H16O2. The molecule has 0 amide bonds. The van der Waals surface area contributed by atoms with Crippen LogP contribution in [0.2, 0.25) is 0 Å². The fraction of sp³-hybridized carbons (Fsp3) is 0.545. The Bertz CT molecular complexity index is 238. The number of carbonyl (C=O) groups is 1. The first-order valence-electron chi connectivity index (χ1n) is 4.78. The lowest BCUT2D eigenvalue weighted by molar-refractivity contribution is -0.146. The van der Waals surface area contributed by atoms with Crippen LogP contribution in [0, 0.1) is 5.92 Å². The van der Waals surface area contributed by atoms with Gasteiger partial charge >= 0.3 is 5.97 Å². The van der Waals surface area contributed by atoms with Crippen molar-refractivity contribution in [2.45, 2.75) is 26.7 Å². The van der Waals surface area contributed by atoms with Gasteiger partial charge in [-0.2, -0.15) is 0 Å². The van der Waals surface area contributed by atoms with E-state index in [4.69, 9.17) is 4.74 Å². The van der Waals surface area contributed by atoms with Gasteiger partial charge in [-0.05, 0) is 26.7 Å². The SMILES string of the molecule is CCOC(=O)C(C)C1=CC=CCC1. The Kier molecular flexibility index (Phi) is 3.74. The second-order valence-electron chi connectivity index (χ2n) is 3.18. The van der Waals surface area contributed by atoms with Crippen LogP contribution in [0.1, 0.15) is 26.7 Å². The van der Waals surface area contributed by atoms with Crippen LogP contribution >= 0.6 is 0 Å². The van der Waals surface area contributed by atoms with Crippen LogP contribution in [0.4, 0.5) is 0 Å². The summed E-state index contributed by atoms with van der Waals surface area (Å²) in [6.45, 7) is 4.20. The molecule has 1 rings (SSSR count). The van der Waals surface area contributed by atoms with Gasteiger partial charge < -0.3 is 4.74 Å². The molecule has 1 atom stereocenters. The predicted molar refractivity (Wildman–Crippen MR) is 52.3 cm³/mol. The molecule has 0 aliphatic heterocycles. The molecule has 0 bridgehead atoms. The van der Waals surface area contributed by atoms with E-state index in [1.165, 1.54) is 5.57 Å². The Morgan fingerprint density at radius 3 is 3.00 bits per heavy atom. The van der Waals surface area contributed by atoms with Crippen LogP contribution in [0.25, 0.3) is 0 Å². The molecule has 0 spiro atoms. The van der Waals surface area contributed by atoms with Gasteiger partial charge in [-0.3, -0.25) is 4.79 Å². The Morgan fingerprint density at radius 1 is 1.69 bits per heavy atom. The maximum Gasteiger partial charge on any atom is 0.312 e. The molecule has 0 aromatic heterocycles. The summed E-state index contributed by atoms with van der Waals surface area (Å²) in [5, 5.41) is 0. The molecule has 1 aliphatic carbocycles. The number of esters is 1. The first kappa shape index (κ1) is 10.0. The topological polar surface area (TPSA) is 26.3 Å². The second-order valence-corrected chi connectivity index (χ2v) is 3.18. The van der Waals surface area contributed by atoms with Crippen molar-refractivity contribution in [2.24, 2.45) is 5.92 Å². The lowest BCUT2D eigenvalue weighted by atomic mass is 9.93. The monoisotopic (exact) mass is 180 g/mol. The van der Waals surface area contributed by atoms with Crippen LogP contribution in [-0.4, -0.2) is 12.6 Å². The van der Waals surface area contributed by atoms with Crippen molar-refractivity contribution in [1.29, 1.82) is 0 Å². The Balaban J connectivity index is 2.55. The molecule has 2 nitrogen and oxygen atoms in total. The molecule has 0 aromatic carbocycles. The highest BCUT2D eigenvalue weighted by molar-refractivity contribution is 5.75. The molecule has 0 aromatic rings. The average molecular weight is 180 g/mol. The second kappa shape index (κ2) is 4.85. The summed E-state index contributed by atoms with van der Waals surface area (Å²) in [6, 6.07) is 0. The average Bonchev–Trinajstić information content (AvgIpc) is 2.18. The highest BCUT2D eigenvalue weighted by atomic mass is 16.5. The van der Waals surface area contributed by atoms with Crippen LogP contribution < -0.4 is 0 Å². The van der Waals surface area contributed by atoms with Gasteiger partial charge in [-0.25, -0.2) is 0 Å². The smallest absolute Gasteiger partial charge is 0.312 e. The quantitative estimate of drug-likeness (QED) is 0.624. The van der Waals surface area contributed by atoms with Gasteiger partial charge in [0.05, 0.1) is 12.5 Å². The number of allylic oxidation sites excluding steroid dienone is 3. The normalized spacial score (nSPS) is 17.8. The summed E-state index contributed by atoms with van der Waals surface area (Å²) in [6.07, 6.45) is 8.16. The third kappa shape index (κ3) is 2.72. The highest BCUT2D eigenvalue weighted by Crippen LogP contribution is 2.21. The van der Waals surface area contributed by atoms with Crippen LogP contribution in [0.5, 0.6) is 0 Å². The van der Waals surface area contributed by atoms with Crippen molar-refractivity contribution < 1.29 is 9.53 Å². The maximum atomic E-state index is 11.4. The molecule has 72 valence electrons. The maximum absolute atomic E-state index is 11.4. The van der Waals surface area contributed by atoms with Gasteiger partial charge in [-0.15, -0.1) is 0 Å². The third-order valence-electron chi connectivity index (χ3n) is 2.24. The molecule has 0 radical (unpaired) electrons. The summed E-state index contributed by atoms with van der Waals surface area (Å²) in [5.74, 6) is -0.186. The van der Waals surface area contributed by atoms with E-state index in [0.29, 0.717) is 6.61 Å². The molecule has 1 aliphatic rings. The van der Waals surface area contributed by atoms with E-state index in [0.717, 1.165) is 12.8 Å². The van der Waals surface area contributed by atoms with E-state index in [-0.39, 0.29) is 11.9 Å². The Labute approximate surface area is 79.3 Å². The summed E-state index contributed by atoms with van der Waals surface area (Å²) in [7, 11) is 0. The van der Waals surface area contributed by atoms with Crippen LogP contribution in [-0.2, 0) is 9.53 Å². The van der Waals surface area contributed by atoms with Gasteiger partial charge in [0.1, 0.15) is 0 Å². The van der Waals surface area contributed by atoms with Crippen LogP contribution in [0.3, 0.4) is 0 Å². The van der Waals surface area contributed by atoms with E-state index in [1.54, 1.807) is 0 Å². The molecule has 0 heterocycles. The zero-order valence-electron chi connectivity index (χ0n) is 8.25. The number of carbonyl (C=O) groups excluding carboxylic acids is 1. The fourth-order valence-electron chi connectivity index (χ4n) is 1.40. The van der Waals surface area contributed by atoms with Gasteiger partial charge in [0, 0.05) is 0 Å². The Hall–Kier alpha value is -1.05. The summed E-state index contributed by atoms with van der Waals surface area (Å²) >= 11 is 0. The fourth-order valence-corrected chi connectivity index (χ4v) is 1.40. The molecule has 0 saturated carbocycles. The van der Waals surface area contributed by atoms with Crippen molar-refractivity contribution in [3.05, 3.63) is 23.8 Å². The van der Waals surface area contributed by atoms with Gasteiger partial charge in [0.15, 0.2) is 0 Å². The van der Waals surface area contributed by atoms with Crippen molar-refractivity contribution in [1.82, 2.24) is 0 Å². The lowest BCUT2D eigenvalue weighted by Crippen LogP contribution is -2.17. The zero-order chi connectivity index (χ0) is 9.68. The minimum atomic E-state index is -0.107. The van der Waals surface area contributed by atoms with Crippen molar-refractivity contribution in [3.63, 3.8) is 0 Å². The molecule has 1 unspecified atom stereocenters. The number of hydrogen-bond donors (Lipinski definition) is 0. The molecule has 0 fully saturated rings. The third-order valence-corrected chi connectivity index (χ3v) is 2.24. The summed E-state index contributed by atoms with van der Waals surface area (Å²) < 4.78 is 4.95. The largest absolute Gasteiger partial charge is 0.466 e. The first-order chi connectivity index (χ1) is 6.25. The van der Waals surface area contributed by atoms with E-state index in [1.807, 2.05) is 26.0 Å². The number of rotatable bonds is 3. The summed E-state index contributed by atoms with van der Waals surface area (Å²) in [4.78, 5) is 11.4. The van der Waals surface area contributed by atoms with Gasteiger partial charge in [0.25, 0.3) is 0 Å². The van der Waals surface area contributed by atoms with E-state index < -0.39 is 0 Å². The highest BCUT2D eigenvalue weighted by Gasteiger charge is 2.18. The molecule has 13 heavy (non-hydrogen) atoms. The molecule has 2 heteroatoms. The Morgan fingerprint density at radius 2 is 2.46 bits per heavy atom. The predicted octanol–water partition coefficient (Wildman–Crippen LogP) is 2.46. The van der Waals surface area contributed by atoms with Crippen LogP contribution in [0.15, 0.2) is 23.8 Å². The minimum Gasteiger partial charge on any atom is -0.466 e. The molecule has 0 saturated heterocycles. The lowest BCUT2D eigenvalue weighted by Gasteiger charge is -2.15. The van der Waals surface area contributed by atoms with E-state index >= 15 is 0 Å². The number of ether oxygens (including phenoxy) is 1. The van der Waals surface area contributed by atoms with Crippen molar-refractivity contribution in [2.75, 3.05) is 6.61 Å². The van der Waals surface area contributed by atoms with Crippen molar-refractivity contribution in [3.8, 4) is 0 Å². The first-order valence-corrected chi connectivity index (χ1v) is 4.78. The van der Waals surface area contributed by atoms with Crippen molar-refractivity contribution >= 4 is 5.97 Å². The summed E-state index contributed by atoms with van der Waals surface area (Å²) in [5.41, 5.74) is 1.18.